The van der Waals surface area contributed by atoms with Crippen LogP contribution in [0.15, 0.2) is 29.2 Å². The van der Waals surface area contributed by atoms with Gasteiger partial charge >= 0.3 is 0 Å². The zero-order valence-corrected chi connectivity index (χ0v) is 11.0. The first-order valence-electron chi connectivity index (χ1n) is 5.75. The fourth-order valence-corrected chi connectivity index (χ4v) is 3.52. The summed E-state index contributed by atoms with van der Waals surface area (Å²) in [5.74, 6) is 0. The lowest BCUT2D eigenvalue weighted by molar-refractivity contribution is -0.000733. The Morgan fingerprint density at radius 2 is 2.00 bits per heavy atom. The summed E-state index contributed by atoms with van der Waals surface area (Å²) in [6.07, 6.45) is 0.207. The van der Waals surface area contributed by atoms with Crippen molar-refractivity contribution in [1.82, 2.24) is 4.31 Å². The van der Waals surface area contributed by atoms with Gasteiger partial charge in [-0.1, -0.05) is 0 Å². The van der Waals surface area contributed by atoms with Crippen LogP contribution in [-0.2, 0) is 10.0 Å². The van der Waals surface area contributed by atoms with Gasteiger partial charge in [0.1, 0.15) is 5.60 Å². The lowest BCUT2D eigenvalue weighted by atomic mass is 10.1. The fourth-order valence-electron chi connectivity index (χ4n) is 2.00. The topological polar surface area (TPSA) is 102 Å². The van der Waals surface area contributed by atoms with Crippen molar-refractivity contribution in [2.75, 3.05) is 19.7 Å². The molecule has 0 radical (unpaired) electrons. The number of aliphatic hydroxyl groups is 2. The largest absolute Gasteiger partial charge is 0.393 e. The molecule has 2 N–H and O–H groups in total. The number of β-amino-alcohol motifs (C(OH)–C–C–N with tert-alkyl or cyclic N) is 1. The van der Waals surface area contributed by atoms with Crippen LogP contribution in [0.2, 0.25) is 0 Å². The first kappa shape index (κ1) is 14.0. The molecule has 0 aliphatic carbocycles. The number of aliphatic hydroxyl groups excluding tert-OH is 1. The molecule has 0 bridgehead atoms. The standard InChI is InChI=1S/C12H14N2O4S/c13-7-10-1-3-11(4-2-10)19(17,18)14-6-5-12(16,8-14)9-15/h1-4,15-16H,5-6,8-9H2. The molecule has 1 aromatic carbocycles. The molecular formula is C12H14N2O4S. The van der Waals surface area contributed by atoms with Crippen LogP contribution in [0, 0.1) is 11.3 Å². The highest BCUT2D eigenvalue weighted by molar-refractivity contribution is 7.89. The third-order valence-electron chi connectivity index (χ3n) is 3.21. The van der Waals surface area contributed by atoms with Crippen molar-refractivity contribution in [2.24, 2.45) is 0 Å². The highest BCUT2D eigenvalue weighted by atomic mass is 32.2. The minimum atomic E-state index is -3.69. The van der Waals surface area contributed by atoms with Crippen molar-refractivity contribution >= 4 is 10.0 Å². The molecular weight excluding hydrogens is 268 g/mol. The van der Waals surface area contributed by atoms with Crippen LogP contribution in [0.4, 0.5) is 0 Å². The maximum absolute atomic E-state index is 12.3. The molecule has 7 heteroatoms. The summed E-state index contributed by atoms with van der Waals surface area (Å²) >= 11 is 0. The van der Waals surface area contributed by atoms with Gasteiger partial charge in [-0.2, -0.15) is 9.57 Å². The quantitative estimate of drug-likeness (QED) is 0.791. The SMILES string of the molecule is N#Cc1ccc(S(=O)(=O)N2CCC(O)(CO)C2)cc1. The van der Waals surface area contributed by atoms with Gasteiger partial charge in [-0.15, -0.1) is 0 Å². The number of hydrogen-bond donors (Lipinski definition) is 2. The molecule has 102 valence electrons. The molecule has 1 atom stereocenters. The Morgan fingerprint density at radius 3 is 2.47 bits per heavy atom. The predicted molar refractivity (Wildman–Crippen MR) is 66.6 cm³/mol. The van der Waals surface area contributed by atoms with Crippen LogP contribution in [-0.4, -0.2) is 48.2 Å². The molecule has 0 spiro atoms. The number of benzene rings is 1. The van der Waals surface area contributed by atoms with Crippen LogP contribution >= 0.6 is 0 Å². The van der Waals surface area contributed by atoms with E-state index in [-0.39, 0.29) is 24.4 Å². The normalized spacial score (nSPS) is 24.3. The van der Waals surface area contributed by atoms with E-state index in [0.29, 0.717) is 5.56 Å². The summed E-state index contributed by atoms with van der Waals surface area (Å²) in [5, 5.41) is 27.6. The zero-order valence-electron chi connectivity index (χ0n) is 10.2. The van der Waals surface area contributed by atoms with E-state index in [1.165, 1.54) is 24.3 Å². The van der Waals surface area contributed by atoms with E-state index in [2.05, 4.69) is 0 Å². The van der Waals surface area contributed by atoms with Gasteiger partial charge in [-0.05, 0) is 30.7 Å². The van der Waals surface area contributed by atoms with Gasteiger partial charge in [-0.25, -0.2) is 8.42 Å². The molecule has 0 saturated carbocycles. The van der Waals surface area contributed by atoms with E-state index in [1.807, 2.05) is 6.07 Å². The van der Waals surface area contributed by atoms with Gasteiger partial charge in [-0.3, -0.25) is 0 Å². The third-order valence-corrected chi connectivity index (χ3v) is 5.07. The van der Waals surface area contributed by atoms with E-state index in [0.717, 1.165) is 4.31 Å². The van der Waals surface area contributed by atoms with E-state index < -0.39 is 22.2 Å². The van der Waals surface area contributed by atoms with Gasteiger partial charge in [0.2, 0.25) is 10.0 Å². The molecule has 2 rings (SSSR count). The summed E-state index contributed by atoms with van der Waals surface area (Å²) in [4.78, 5) is 0.0775. The number of hydrogen-bond acceptors (Lipinski definition) is 5. The first-order valence-corrected chi connectivity index (χ1v) is 7.19. The van der Waals surface area contributed by atoms with E-state index >= 15 is 0 Å². The Hall–Kier alpha value is -1.46. The Morgan fingerprint density at radius 1 is 1.37 bits per heavy atom. The lowest BCUT2D eigenvalue weighted by Crippen LogP contribution is -2.38. The molecule has 1 heterocycles. The molecule has 0 amide bonds. The van der Waals surface area contributed by atoms with Crippen molar-refractivity contribution in [3.8, 4) is 6.07 Å². The van der Waals surface area contributed by atoms with E-state index in [9.17, 15) is 13.5 Å². The fraction of sp³-hybridized carbons (Fsp3) is 0.417. The second-order valence-corrected chi connectivity index (χ2v) is 6.55. The molecule has 1 unspecified atom stereocenters. The van der Waals surface area contributed by atoms with Crippen molar-refractivity contribution in [1.29, 1.82) is 5.26 Å². The highest BCUT2D eigenvalue weighted by Gasteiger charge is 2.41. The van der Waals surface area contributed by atoms with Gasteiger partial charge in [0.25, 0.3) is 0 Å². The van der Waals surface area contributed by atoms with Crippen molar-refractivity contribution in [3.63, 3.8) is 0 Å². The van der Waals surface area contributed by atoms with Crippen molar-refractivity contribution in [2.45, 2.75) is 16.9 Å². The smallest absolute Gasteiger partial charge is 0.243 e. The zero-order chi connectivity index (χ0) is 14.1. The van der Waals surface area contributed by atoms with Crippen LogP contribution in [0.3, 0.4) is 0 Å². The average Bonchev–Trinajstić information content (AvgIpc) is 2.83. The first-order chi connectivity index (χ1) is 8.91. The summed E-state index contributed by atoms with van der Waals surface area (Å²) in [7, 11) is -3.69. The van der Waals surface area contributed by atoms with Crippen molar-refractivity contribution in [3.05, 3.63) is 29.8 Å². The minimum Gasteiger partial charge on any atom is -0.393 e. The Kier molecular flexibility index (Phi) is 3.60. The molecule has 0 aromatic heterocycles. The number of nitrogens with zero attached hydrogens (tertiary/aromatic N) is 2. The molecule has 1 aromatic rings. The summed E-state index contributed by atoms with van der Waals surface area (Å²) in [6, 6.07) is 7.51. The second-order valence-electron chi connectivity index (χ2n) is 4.61. The summed E-state index contributed by atoms with van der Waals surface area (Å²) in [6.45, 7) is -0.419. The predicted octanol–water partition coefficient (Wildman–Crippen LogP) is -0.324. The van der Waals surface area contributed by atoms with Gasteiger partial charge in [0.15, 0.2) is 0 Å². The Bertz CT molecular complexity index is 606. The molecule has 1 aliphatic rings. The molecule has 6 nitrogen and oxygen atoms in total. The molecule has 19 heavy (non-hydrogen) atoms. The number of sulfonamides is 1. The number of nitriles is 1. The van der Waals surface area contributed by atoms with Gasteiger partial charge in [0.05, 0.1) is 23.1 Å². The lowest BCUT2D eigenvalue weighted by Gasteiger charge is -2.20. The second kappa shape index (κ2) is 4.90. The molecule has 1 aliphatic heterocycles. The summed E-state index contributed by atoms with van der Waals surface area (Å²) in [5.41, 5.74) is -0.980. The van der Waals surface area contributed by atoms with Crippen LogP contribution in [0.5, 0.6) is 0 Å². The summed E-state index contributed by atoms with van der Waals surface area (Å²) < 4.78 is 25.7. The monoisotopic (exact) mass is 282 g/mol. The third kappa shape index (κ3) is 2.62. The minimum absolute atomic E-state index is 0.0775. The number of rotatable bonds is 3. The Labute approximate surface area is 111 Å². The van der Waals surface area contributed by atoms with Crippen LogP contribution in [0.1, 0.15) is 12.0 Å². The van der Waals surface area contributed by atoms with Crippen LogP contribution in [0.25, 0.3) is 0 Å². The van der Waals surface area contributed by atoms with Crippen molar-refractivity contribution < 1.29 is 18.6 Å². The maximum Gasteiger partial charge on any atom is 0.243 e. The van der Waals surface area contributed by atoms with E-state index in [4.69, 9.17) is 10.4 Å². The highest BCUT2D eigenvalue weighted by Crippen LogP contribution is 2.26. The van der Waals surface area contributed by atoms with E-state index in [1.54, 1.807) is 0 Å². The maximum atomic E-state index is 12.3. The Balaban J connectivity index is 2.26. The van der Waals surface area contributed by atoms with Crippen LogP contribution < -0.4 is 0 Å². The molecule has 1 fully saturated rings. The van der Waals surface area contributed by atoms with Gasteiger partial charge in [0, 0.05) is 13.1 Å². The molecule has 1 saturated heterocycles. The van der Waals surface area contributed by atoms with Gasteiger partial charge < -0.3 is 10.2 Å². The average molecular weight is 282 g/mol.